The summed E-state index contributed by atoms with van der Waals surface area (Å²) in [6, 6.07) is 8.81. The minimum Gasteiger partial charge on any atom is -0.493 e. The molecule has 5 nitrogen and oxygen atoms in total. The Labute approximate surface area is 122 Å². The first-order valence-electron chi connectivity index (χ1n) is 6.22. The summed E-state index contributed by atoms with van der Waals surface area (Å²) < 4.78 is 15.5. The van der Waals surface area contributed by atoms with Crippen LogP contribution in [0.5, 0.6) is 17.4 Å². The summed E-state index contributed by atoms with van der Waals surface area (Å²) >= 11 is 0. The van der Waals surface area contributed by atoms with Crippen LogP contribution in [0, 0.1) is 18.3 Å². The standard InChI is InChI=1S/C16H15NO4/c1-10-6-16(18)21-14(10)8-12(9-17)11-4-5-13(19-2)15(7-11)20-3/h4-8,18H,1-3H3/b12-8+. The van der Waals surface area contributed by atoms with E-state index in [9.17, 15) is 10.4 Å². The number of benzene rings is 1. The zero-order chi connectivity index (χ0) is 15.4. The van der Waals surface area contributed by atoms with E-state index in [4.69, 9.17) is 13.9 Å². The Bertz CT molecular complexity index is 722. The fourth-order valence-electron chi connectivity index (χ4n) is 1.94. The Kier molecular flexibility index (Phi) is 4.19. The van der Waals surface area contributed by atoms with Crippen molar-refractivity contribution in [2.75, 3.05) is 14.2 Å². The second-order valence-corrected chi connectivity index (χ2v) is 4.37. The summed E-state index contributed by atoms with van der Waals surface area (Å²) in [5.74, 6) is 1.39. The van der Waals surface area contributed by atoms with E-state index in [0.29, 0.717) is 28.4 Å². The van der Waals surface area contributed by atoms with E-state index in [1.807, 2.05) is 0 Å². The molecule has 0 spiro atoms. The molecule has 0 atom stereocenters. The zero-order valence-electron chi connectivity index (χ0n) is 12.0. The molecule has 5 heteroatoms. The molecular formula is C16H15NO4. The number of hydrogen-bond acceptors (Lipinski definition) is 5. The van der Waals surface area contributed by atoms with E-state index in [1.165, 1.54) is 13.2 Å². The lowest BCUT2D eigenvalue weighted by molar-refractivity contribution is 0.330. The normalized spacial score (nSPS) is 11.0. The number of nitrogens with zero attached hydrogens (tertiary/aromatic N) is 1. The number of methoxy groups -OCH3 is 2. The third-order valence-electron chi connectivity index (χ3n) is 3.03. The summed E-state index contributed by atoms with van der Waals surface area (Å²) in [5.41, 5.74) is 1.82. The van der Waals surface area contributed by atoms with Crippen molar-refractivity contribution < 1.29 is 19.0 Å². The smallest absolute Gasteiger partial charge is 0.282 e. The molecule has 2 aromatic rings. The van der Waals surface area contributed by atoms with E-state index in [2.05, 4.69) is 6.07 Å². The molecule has 0 aliphatic carbocycles. The van der Waals surface area contributed by atoms with Gasteiger partial charge in [-0.2, -0.15) is 5.26 Å². The molecule has 21 heavy (non-hydrogen) atoms. The first-order valence-corrected chi connectivity index (χ1v) is 6.22. The van der Waals surface area contributed by atoms with Crippen molar-refractivity contribution in [3.63, 3.8) is 0 Å². The number of nitriles is 1. The van der Waals surface area contributed by atoms with Gasteiger partial charge in [0.2, 0.25) is 0 Å². The molecule has 0 saturated carbocycles. The highest BCUT2D eigenvalue weighted by molar-refractivity contribution is 5.89. The van der Waals surface area contributed by atoms with Gasteiger partial charge < -0.3 is 19.0 Å². The van der Waals surface area contributed by atoms with Crippen molar-refractivity contribution in [3.8, 4) is 23.5 Å². The molecule has 108 valence electrons. The lowest BCUT2D eigenvalue weighted by atomic mass is 10.0. The number of ether oxygens (including phenoxy) is 2. The topological polar surface area (TPSA) is 75.6 Å². The maximum Gasteiger partial charge on any atom is 0.282 e. The molecule has 1 aromatic carbocycles. The summed E-state index contributed by atoms with van der Waals surface area (Å²) in [6.45, 7) is 1.79. The average Bonchev–Trinajstić information content (AvgIpc) is 2.81. The lowest BCUT2D eigenvalue weighted by Crippen LogP contribution is -1.92. The summed E-state index contributed by atoms with van der Waals surface area (Å²) in [6.07, 6.45) is 1.58. The maximum absolute atomic E-state index is 9.33. The quantitative estimate of drug-likeness (QED) is 0.871. The van der Waals surface area contributed by atoms with Crippen LogP contribution in [-0.2, 0) is 0 Å². The number of hydrogen-bond donors (Lipinski definition) is 1. The Morgan fingerprint density at radius 2 is 1.95 bits per heavy atom. The third kappa shape index (κ3) is 3.00. The van der Waals surface area contributed by atoms with Gasteiger partial charge in [-0.3, -0.25) is 0 Å². The molecule has 0 unspecified atom stereocenters. The van der Waals surface area contributed by atoms with Gasteiger partial charge in [-0.15, -0.1) is 0 Å². The minimum absolute atomic E-state index is 0.177. The van der Waals surface area contributed by atoms with Gasteiger partial charge in [0, 0.05) is 6.07 Å². The van der Waals surface area contributed by atoms with Crippen molar-refractivity contribution in [2.45, 2.75) is 6.92 Å². The molecule has 1 heterocycles. The van der Waals surface area contributed by atoms with E-state index in [0.717, 1.165) is 5.56 Å². The van der Waals surface area contributed by atoms with Crippen LogP contribution < -0.4 is 9.47 Å². The molecule has 0 fully saturated rings. The van der Waals surface area contributed by atoms with E-state index >= 15 is 0 Å². The molecule has 1 aromatic heterocycles. The van der Waals surface area contributed by atoms with Crippen molar-refractivity contribution in [3.05, 3.63) is 41.2 Å². The third-order valence-corrected chi connectivity index (χ3v) is 3.03. The minimum atomic E-state index is -0.177. The number of allylic oxidation sites excluding steroid dienone is 1. The Morgan fingerprint density at radius 1 is 1.24 bits per heavy atom. The van der Waals surface area contributed by atoms with Crippen LogP contribution in [0.4, 0.5) is 0 Å². The number of aryl methyl sites for hydroxylation is 1. The molecule has 0 radical (unpaired) electrons. The number of furan rings is 1. The number of aromatic hydroxyl groups is 1. The Morgan fingerprint density at radius 3 is 2.48 bits per heavy atom. The molecular weight excluding hydrogens is 270 g/mol. The Hall–Kier alpha value is -2.87. The van der Waals surface area contributed by atoms with Gasteiger partial charge in [0.25, 0.3) is 5.95 Å². The van der Waals surface area contributed by atoms with Crippen LogP contribution in [0.25, 0.3) is 11.6 Å². The molecule has 0 amide bonds. The Balaban J connectivity index is 2.47. The van der Waals surface area contributed by atoms with Crippen LogP contribution >= 0.6 is 0 Å². The highest BCUT2D eigenvalue weighted by Crippen LogP contribution is 2.31. The van der Waals surface area contributed by atoms with Crippen molar-refractivity contribution in [1.29, 1.82) is 5.26 Å². The molecule has 2 rings (SSSR count). The largest absolute Gasteiger partial charge is 0.493 e. The SMILES string of the molecule is COc1ccc(/C(C#N)=C/c2oc(O)cc2C)cc1OC. The van der Waals surface area contributed by atoms with Crippen molar-refractivity contribution >= 4 is 11.6 Å². The first-order chi connectivity index (χ1) is 10.1. The van der Waals surface area contributed by atoms with Crippen LogP contribution in [0.2, 0.25) is 0 Å². The van der Waals surface area contributed by atoms with Gasteiger partial charge >= 0.3 is 0 Å². The second kappa shape index (κ2) is 6.06. The summed E-state index contributed by atoms with van der Waals surface area (Å²) in [5, 5.41) is 18.7. The van der Waals surface area contributed by atoms with Crippen molar-refractivity contribution in [1.82, 2.24) is 0 Å². The summed E-state index contributed by atoms with van der Waals surface area (Å²) in [7, 11) is 3.08. The fraction of sp³-hybridized carbons (Fsp3) is 0.188. The fourth-order valence-corrected chi connectivity index (χ4v) is 1.94. The second-order valence-electron chi connectivity index (χ2n) is 4.37. The highest BCUT2D eigenvalue weighted by Gasteiger charge is 2.10. The molecule has 0 saturated heterocycles. The molecule has 0 aliphatic heterocycles. The van der Waals surface area contributed by atoms with E-state index < -0.39 is 0 Å². The predicted molar refractivity (Wildman–Crippen MR) is 78.1 cm³/mol. The summed E-state index contributed by atoms with van der Waals surface area (Å²) in [4.78, 5) is 0. The van der Waals surface area contributed by atoms with Gasteiger partial charge in [0.15, 0.2) is 11.5 Å². The first kappa shape index (κ1) is 14.5. The predicted octanol–water partition coefficient (Wildman–Crippen LogP) is 3.38. The van der Waals surface area contributed by atoms with Crippen LogP contribution in [0.3, 0.4) is 0 Å². The van der Waals surface area contributed by atoms with Crippen LogP contribution in [0.15, 0.2) is 28.7 Å². The van der Waals surface area contributed by atoms with Gasteiger partial charge in [-0.1, -0.05) is 0 Å². The van der Waals surface area contributed by atoms with Gasteiger partial charge in [0.05, 0.1) is 25.9 Å². The average molecular weight is 285 g/mol. The van der Waals surface area contributed by atoms with E-state index in [-0.39, 0.29) is 5.95 Å². The van der Waals surface area contributed by atoms with Gasteiger partial charge in [0.1, 0.15) is 5.76 Å². The van der Waals surface area contributed by atoms with Gasteiger partial charge in [-0.25, -0.2) is 0 Å². The highest BCUT2D eigenvalue weighted by atomic mass is 16.5. The number of rotatable bonds is 4. The molecule has 1 N–H and O–H groups in total. The van der Waals surface area contributed by atoms with E-state index in [1.54, 1.807) is 38.3 Å². The van der Waals surface area contributed by atoms with Gasteiger partial charge in [-0.05, 0) is 42.3 Å². The van der Waals surface area contributed by atoms with Crippen molar-refractivity contribution in [2.24, 2.45) is 0 Å². The monoisotopic (exact) mass is 285 g/mol. The molecule has 0 bridgehead atoms. The maximum atomic E-state index is 9.33. The molecule has 0 aliphatic rings. The van der Waals surface area contributed by atoms with Crippen LogP contribution in [-0.4, -0.2) is 19.3 Å². The lowest BCUT2D eigenvalue weighted by Gasteiger charge is -2.08. The zero-order valence-corrected chi connectivity index (χ0v) is 12.0. The van der Waals surface area contributed by atoms with Crippen LogP contribution in [0.1, 0.15) is 16.9 Å².